The molecule has 2 aliphatic rings. The highest BCUT2D eigenvalue weighted by atomic mass is 79.9. The zero-order valence-corrected chi connectivity index (χ0v) is 16.8. The molecule has 0 radical (unpaired) electrons. The van der Waals surface area contributed by atoms with E-state index in [2.05, 4.69) is 41.2 Å². The Kier molecular flexibility index (Phi) is 4.19. The van der Waals surface area contributed by atoms with E-state index in [-0.39, 0.29) is 30.3 Å². The van der Waals surface area contributed by atoms with Gasteiger partial charge in [-0.3, -0.25) is 9.59 Å². The van der Waals surface area contributed by atoms with Gasteiger partial charge < -0.3 is 20.5 Å². The normalized spacial score (nSPS) is 22.5. The number of fused-ring (bicyclic) bond motifs is 2. The molecule has 148 valence electrons. The lowest BCUT2D eigenvalue weighted by Crippen LogP contribution is -2.46. The molecule has 4 heterocycles. The third-order valence-corrected chi connectivity index (χ3v) is 5.79. The van der Waals surface area contributed by atoms with Crippen molar-refractivity contribution < 1.29 is 9.59 Å². The Labute approximate surface area is 173 Å². The van der Waals surface area contributed by atoms with Crippen molar-refractivity contribution in [3.8, 4) is 0 Å². The largest absolute Gasteiger partial charge is 0.368 e. The Morgan fingerprint density at radius 3 is 2.93 bits per heavy atom. The predicted molar refractivity (Wildman–Crippen MR) is 107 cm³/mol. The van der Waals surface area contributed by atoms with Crippen LogP contribution in [0.15, 0.2) is 35.3 Å². The summed E-state index contributed by atoms with van der Waals surface area (Å²) in [7, 11) is 0. The molecule has 2 fully saturated rings. The highest BCUT2D eigenvalue weighted by Gasteiger charge is 2.56. The minimum absolute atomic E-state index is 0.0368. The summed E-state index contributed by atoms with van der Waals surface area (Å²) in [6, 6.07) is 4.89. The molecule has 1 aliphatic carbocycles. The van der Waals surface area contributed by atoms with Crippen LogP contribution in [0, 0.1) is 5.92 Å². The van der Waals surface area contributed by atoms with Crippen molar-refractivity contribution in [2.75, 3.05) is 11.1 Å². The number of hydrogen-bond donors (Lipinski definition) is 2. The second-order valence-electron chi connectivity index (χ2n) is 7.26. The van der Waals surface area contributed by atoms with Gasteiger partial charge in [-0.25, -0.2) is 15.0 Å². The summed E-state index contributed by atoms with van der Waals surface area (Å²) in [6.07, 6.45) is 4.66. The molecule has 1 saturated carbocycles. The van der Waals surface area contributed by atoms with Crippen LogP contribution < -0.4 is 11.1 Å². The molecule has 5 rings (SSSR count). The van der Waals surface area contributed by atoms with E-state index in [1.165, 1.54) is 12.5 Å². The molecule has 1 aliphatic heterocycles. The van der Waals surface area contributed by atoms with E-state index in [1.54, 1.807) is 27.7 Å². The van der Waals surface area contributed by atoms with Gasteiger partial charge in [0.1, 0.15) is 28.5 Å². The Hall–Kier alpha value is -3.08. The summed E-state index contributed by atoms with van der Waals surface area (Å²) in [5, 5.41) is 2.82. The summed E-state index contributed by atoms with van der Waals surface area (Å²) in [4.78, 5) is 44.2. The van der Waals surface area contributed by atoms with Crippen LogP contribution >= 0.6 is 15.9 Å². The molecule has 0 aromatic carbocycles. The lowest BCUT2D eigenvalue weighted by Gasteiger charge is -2.27. The van der Waals surface area contributed by atoms with Gasteiger partial charge in [0.05, 0.1) is 12.5 Å². The summed E-state index contributed by atoms with van der Waals surface area (Å²) in [5.41, 5.74) is 6.72. The quantitative estimate of drug-likeness (QED) is 0.563. The van der Waals surface area contributed by atoms with E-state index in [1.807, 2.05) is 0 Å². The first-order valence-corrected chi connectivity index (χ1v) is 9.97. The van der Waals surface area contributed by atoms with Gasteiger partial charge in [0.2, 0.25) is 17.8 Å². The first kappa shape index (κ1) is 18.0. The van der Waals surface area contributed by atoms with Crippen molar-refractivity contribution in [2.24, 2.45) is 5.92 Å². The number of anilines is 2. The zero-order chi connectivity index (χ0) is 20.1. The van der Waals surface area contributed by atoms with Crippen LogP contribution in [0.5, 0.6) is 0 Å². The molecule has 3 aromatic heterocycles. The molecular formula is C18H17BrN8O2. The maximum Gasteiger partial charge on any atom is 0.248 e. The number of pyridine rings is 1. The van der Waals surface area contributed by atoms with Crippen LogP contribution in [0.2, 0.25) is 0 Å². The number of halogens is 1. The number of nitrogens with one attached hydrogen (secondary N) is 1. The number of nitrogens with zero attached hydrogens (tertiary/aromatic N) is 6. The number of nitrogens with two attached hydrogens (primary N) is 1. The summed E-state index contributed by atoms with van der Waals surface area (Å²) in [6.45, 7) is 0.0368. The van der Waals surface area contributed by atoms with Gasteiger partial charge in [-0.05, 0) is 46.8 Å². The fourth-order valence-corrected chi connectivity index (χ4v) is 4.29. The van der Waals surface area contributed by atoms with Crippen molar-refractivity contribution in [3.63, 3.8) is 0 Å². The summed E-state index contributed by atoms with van der Waals surface area (Å²) >= 11 is 3.29. The topological polar surface area (TPSA) is 132 Å². The predicted octanol–water partition coefficient (Wildman–Crippen LogP) is 1.19. The van der Waals surface area contributed by atoms with Gasteiger partial charge in [0, 0.05) is 6.04 Å². The maximum atomic E-state index is 13.1. The molecule has 1 saturated heterocycles. The molecule has 10 nitrogen and oxygen atoms in total. The summed E-state index contributed by atoms with van der Waals surface area (Å²) in [5.74, 6) is 0.578. The first-order chi connectivity index (χ1) is 14.0. The van der Waals surface area contributed by atoms with Crippen LogP contribution in [0.1, 0.15) is 12.8 Å². The van der Waals surface area contributed by atoms with Crippen LogP contribution in [0.4, 0.5) is 11.8 Å². The third kappa shape index (κ3) is 3.31. The molecule has 1 unspecified atom stereocenters. The average molecular weight is 457 g/mol. The average Bonchev–Trinajstić information content (AvgIpc) is 3.17. The summed E-state index contributed by atoms with van der Waals surface area (Å²) < 4.78 is 2.27. The number of carbonyl (C=O) groups excluding carboxylic acids is 2. The maximum absolute atomic E-state index is 13.1. The van der Waals surface area contributed by atoms with E-state index in [9.17, 15) is 9.59 Å². The third-order valence-electron chi connectivity index (χ3n) is 5.34. The van der Waals surface area contributed by atoms with Crippen LogP contribution in [-0.4, -0.2) is 53.3 Å². The van der Waals surface area contributed by atoms with E-state index in [0.29, 0.717) is 33.9 Å². The van der Waals surface area contributed by atoms with Crippen LogP contribution in [0.3, 0.4) is 0 Å². The molecule has 0 bridgehead atoms. The molecule has 0 spiro atoms. The smallest absolute Gasteiger partial charge is 0.248 e. The van der Waals surface area contributed by atoms with Gasteiger partial charge in [-0.1, -0.05) is 6.07 Å². The van der Waals surface area contributed by atoms with E-state index >= 15 is 0 Å². The fraction of sp³-hybridized carbons (Fsp3) is 0.333. The number of carbonyl (C=O) groups is 2. The standard InChI is InChI=1S/C18H17BrN8O2/c19-13-2-1-3-14(23-13)24-17(29)12-5-9-4-11(9)27(12)15(28)7-26-8-22-10-6-21-18(20)25-16(10)26/h1-3,6,8-9,11-12H,4-5,7H2,(H2,20,21,25)(H,23,24,29)/t9-,11+,12?/m1/s1. The van der Waals surface area contributed by atoms with Gasteiger partial charge in [0.15, 0.2) is 5.65 Å². The van der Waals surface area contributed by atoms with Crippen molar-refractivity contribution in [2.45, 2.75) is 31.5 Å². The fourth-order valence-electron chi connectivity index (χ4n) is 3.95. The number of likely N-dealkylation sites (tertiary alicyclic amines) is 1. The molecule has 11 heteroatoms. The Morgan fingerprint density at radius 2 is 2.10 bits per heavy atom. The monoisotopic (exact) mass is 456 g/mol. The van der Waals surface area contributed by atoms with E-state index in [0.717, 1.165) is 6.42 Å². The van der Waals surface area contributed by atoms with Gasteiger partial charge >= 0.3 is 0 Å². The van der Waals surface area contributed by atoms with Crippen molar-refractivity contribution >= 4 is 50.7 Å². The molecule has 3 N–H and O–H groups in total. The van der Waals surface area contributed by atoms with E-state index < -0.39 is 6.04 Å². The lowest BCUT2D eigenvalue weighted by molar-refractivity contribution is -0.138. The number of nitrogen functional groups attached to an aromatic ring is 1. The second-order valence-corrected chi connectivity index (χ2v) is 8.07. The molecule has 3 aromatic rings. The minimum atomic E-state index is -0.512. The molecule has 3 atom stereocenters. The Morgan fingerprint density at radius 1 is 1.24 bits per heavy atom. The van der Waals surface area contributed by atoms with Gasteiger partial charge in [-0.2, -0.15) is 4.98 Å². The molecule has 2 amide bonds. The Balaban J connectivity index is 1.35. The van der Waals surface area contributed by atoms with Crippen molar-refractivity contribution in [1.82, 2.24) is 29.4 Å². The van der Waals surface area contributed by atoms with Crippen molar-refractivity contribution in [3.05, 3.63) is 35.3 Å². The Bertz CT molecular complexity index is 1130. The first-order valence-electron chi connectivity index (χ1n) is 9.17. The second kappa shape index (κ2) is 6.76. The lowest BCUT2D eigenvalue weighted by atomic mass is 10.1. The number of hydrogen-bond acceptors (Lipinski definition) is 7. The SMILES string of the molecule is Nc1ncc2ncn(CC(=O)N3C(C(=O)Nc4cccc(Br)n4)C[C@H]4C[C@@H]43)c2n1. The number of piperidine rings is 1. The highest BCUT2D eigenvalue weighted by molar-refractivity contribution is 9.10. The zero-order valence-electron chi connectivity index (χ0n) is 15.2. The van der Waals surface area contributed by atoms with Crippen LogP contribution in [-0.2, 0) is 16.1 Å². The minimum Gasteiger partial charge on any atom is -0.368 e. The number of imidazole rings is 1. The molecular weight excluding hydrogens is 440 g/mol. The number of amides is 2. The van der Waals surface area contributed by atoms with E-state index in [4.69, 9.17) is 5.73 Å². The highest BCUT2D eigenvalue weighted by Crippen LogP contribution is 2.48. The number of rotatable bonds is 4. The van der Waals surface area contributed by atoms with Gasteiger partial charge in [-0.15, -0.1) is 0 Å². The van der Waals surface area contributed by atoms with Crippen LogP contribution in [0.25, 0.3) is 11.2 Å². The molecule has 29 heavy (non-hydrogen) atoms. The van der Waals surface area contributed by atoms with Gasteiger partial charge in [0.25, 0.3) is 0 Å². The van der Waals surface area contributed by atoms with Crippen molar-refractivity contribution in [1.29, 1.82) is 0 Å². The number of aromatic nitrogens is 5.